The third-order valence-electron chi connectivity index (χ3n) is 2.75. The molecule has 82 valence electrons. The highest BCUT2D eigenvalue weighted by Crippen LogP contribution is 2.10. The number of carbonyl (C=O) groups excluding carboxylic acids is 1. The first-order valence-corrected chi connectivity index (χ1v) is 5.38. The van der Waals surface area contributed by atoms with E-state index < -0.39 is 0 Å². The molecule has 0 aromatic carbocycles. The van der Waals surface area contributed by atoms with Crippen LogP contribution in [0.5, 0.6) is 0 Å². The van der Waals surface area contributed by atoms with E-state index in [1.54, 1.807) is 12.1 Å². The number of carbonyl (C=O) groups is 1. The lowest BCUT2D eigenvalue weighted by atomic mass is 10.1. The minimum atomic E-state index is -0.119. The molecule has 4 heteroatoms. The number of nitrogens with one attached hydrogen (secondary N) is 2. The van der Waals surface area contributed by atoms with E-state index in [1.165, 1.54) is 12.7 Å². The molecule has 4 nitrogen and oxygen atoms in total. The second-order valence-electron chi connectivity index (χ2n) is 3.88. The highest BCUT2D eigenvalue weighted by atomic mass is 16.3. The van der Waals surface area contributed by atoms with Crippen molar-refractivity contribution in [2.24, 2.45) is 5.92 Å². The summed E-state index contributed by atoms with van der Waals surface area (Å²) in [5, 5.41) is 6.16. The summed E-state index contributed by atoms with van der Waals surface area (Å²) >= 11 is 0. The van der Waals surface area contributed by atoms with Gasteiger partial charge in [0.15, 0.2) is 5.76 Å². The molecule has 15 heavy (non-hydrogen) atoms. The lowest BCUT2D eigenvalue weighted by molar-refractivity contribution is 0.0924. The number of rotatable bonds is 4. The summed E-state index contributed by atoms with van der Waals surface area (Å²) in [7, 11) is 0. The van der Waals surface area contributed by atoms with Crippen LogP contribution in [0.4, 0.5) is 0 Å². The van der Waals surface area contributed by atoms with E-state index in [2.05, 4.69) is 10.6 Å². The number of hydrogen-bond acceptors (Lipinski definition) is 3. The Morgan fingerprint density at radius 1 is 1.67 bits per heavy atom. The predicted octanol–water partition coefficient (Wildman–Crippen LogP) is 1.01. The van der Waals surface area contributed by atoms with Gasteiger partial charge in [0.25, 0.3) is 5.91 Å². The summed E-state index contributed by atoms with van der Waals surface area (Å²) in [4.78, 5) is 11.5. The summed E-state index contributed by atoms with van der Waals surface area (Å²) < 4.78 is 4.99. The zero-order valence-corrected chi connectivity index (χ0v) is 8.66. The van der Waals surface area contributed by atoms with Crippen molar-refractivity contribution in [1.82, 2.24) is 10.6 Å². The first kappa shape index (κ1) is 10.2. The van der Waals surface area contributed by atoms with Gasteiger partial charge in [0.1, 0.15) is 0 Å². The van der Waals surface area contributed by atoms with Crippen molar-refractivity contribution >= 4 is 5.91 Å². The van der Waals surface area contributed by atoms with Crippen LogP contribution in [0, 0.1) is 5.92 Å². The molecule has 1 aromatic heterocycles. The third-order valence-corrected chi connectivity index (χ3v) is 2.75. The van der Waals surface area contributed by atoms with E-state index in [9.17, 15) is 4.79 Å². The lowest BCUT2D eigenvalue weighted by Gasteiger charge is -2.08. The van der Waals surface area contributed by atoms with E-state index in [-0.39, 0.29) is 5.91 Å². The van der Waals surface area contributed by atoms with Crippen LogP contribution in [0.15, 0.2) is 22.8 Å². The van der Waals surface area contributed by atoms with Crippen LogP contribution in [-0.2, 0) is 0 Å². The molecule has 1 saturated heterocycles. The van der Waals surface area contributed by atoms with Crippen molar-refractivity contribution in [3.05, 3.63) is 24.2 Å². The number of furan rings is 1. The van der Waals surface area contributed by atoms with Crippen molar-refractivity contribution in [1.29, 1.82) is 0 Å². The molecule has 2 N–H and O–H groups in total. The maximum Gasteiger partial charge on any atom is 0.286 e. The summed E-state index contributed by atoms with van der Waals surface area (Å²) in [6.45, 7) is 2.92. The Morgan fingerprint density at radius 2 is 2.60 bits per heavy atom. The first-order valence-electron chi connectivity index (χ1n) is 5.38. The van der Waals surface area contributed by atoms with Gasteiger partial charge in [0.05, 0.1) is 6.26 Å². The maximum absolute atomic E-state index is 11.5. The molecule has 1 aliphatic heterocycles. The zero-order valence-electron chi connectivity index (χ0n) is 8.66. The Kier molecular flexibility index (Phi) is 3.40. The van der Waals surface area contributed by atoms with Gasteiger partial charge in [0, 0.05) is 6.54 Å². The first-order chi connectivity index (χ1) is 7.36. The molecule has 0 spiro atoms. The van der Waals surface area contributed by atoms with Crippen molar-refractivity contribution in [2.75, 3.05) is 19.6 Å². The van der Waals surface area contributed by atoms with Crippen LogP contribution >= 0.6 is 0 Å². The molecule has 0 bridgehead atoms. The molecule has 1 aromatic rings. The van der Waals surface area contributed by atoms with Crippen LogP contribution in [0.1, 0.15) is 23.4 Å². The number of amides is 1. The molecule has 1 unspecified atom stereocenters. The van der Waals surface area contributed by atoms with Gasteiger partial charge in [-0.15, -0.1) is 0 Å². The van der Waals surface area contributed by atoms with E-state index in [0.29, 0.717) is 11.7 Å². The Hall–Kier alpha value is -1.29. The summed E-state index contributed by atoms with van der Waals surface area (Å²) in [6, 6.07) is 3.39. The Bertz CT molecular complexity index is 302. The van der Waals surface area contributed by atoms with Crippen LogP contribution in [-0.4, -0.2) is 25.5 Å². The monoisotopic (exact) mass is 208 g/mol. The summed E-state index contributed by atoms with van der Waals surface area (Å²) in [5.41, 5.74) is 0. The van der Waals surface area contributed by atoms with Gasteiger partial charge >= 0.3 is 0 Å². The Labute approximate surface area is 89.0 Å². The fraction of sp³-hybridized carbons (Fsp3) is 0.545. The van der Waals surface area contributed by atoms with Crippen LogP contribution in [0.2, 0.25) is 0 Å². The average molecular weight is 208 g/mol. The SMILES string of the molecule is O=C(NCCC1CCNC1)c1ccco1. The van der Waals surface area contributed by atoms with Crippen molar-refractivity contribution < 1.29 is 9.21 Å². The maximum atomic E-state index is 11.5. The largest absolute Gasteiger partial charge is 0.459 e. The van der Waals surface area contributed by atoms with Crippen molar-refractivity contribution in [3.63, 3.8) is 0 Å². The quantitative estimate of drug-likeness (QED) is 0.776. The van der Waals surface area contributed by atoms with Crippen molar-refractivity contribution in [3.8, 4) is 0 Å². The van der Waals surface area contributed by atoms with Crippen LogP contribution in [0.3, 0.4) is 0 Å². The van der Waals surface area contributed by atoms with Gasteiger partial charge in [-0.1, -0.05) is 0 Å². The Balaban J connectivity index is 1.67. The summed E-state index contributed by atoms with van der Waals surface area (Å²) in [6.07, 6.45) is 3.77. The topological polar surface area (TPSA) is 54.3 Å². The molecular weight excluding hydrogens is 192 g/mol. The molecule has 2 rings (SSSR count). The van der Waals surface area contributed by atoms with Gasteiger partial charge in [-0.25, -0.2) is 0 Å². The van der Waals surface area contributed by atoms with E-state index in [4.69, 9.17) is 4.42 Å². The standard InChI is InChI=1S/C11H16N2O2/c14-11(10-2-1-7-15-10)13-6-4-9-3-5-12-8-9/h1-2,7,9,12H,3-6,8H2,(H,13,14). The lowest BCUT2D eigenvalue weighted by Crippen LogP contribution is -2.26. The smallest absolute Gasteiger partial charge is 0.286 e. The van der Waals surface area contributed by atoms with Crippen molar-refractivity contribution in [2.45, 2.75) is 12.8 Å². The second-order valence-corrected chi connectivity index (χ2v) is 3.88. The zero-order chi connectivity index (χ0) is 10.5. The minimum absolute atomic E-state index is 0.119. The molecule has 1 aliphatic rings. The molecule has 1 fully saturated rings. The predicted molar refractivity (Wildman–Crippen MR) is 56.6 cm³/mol. The van der Waals surface area contributed by atoms with Gasteiger partial charge in [0.2, 0.25) is 0 Å². The van der Waals surface area contributed by atoms with Gasteiger partial charge in [-0.05, 0) is 44.0 Å². The van der Waals surface area contributed by atoms with Gasteiger partial charge < -0.3 is 15.1 Å². The molecule has 0 radical (unpaired) electrons. The summed E-state index contributed by atoms with van der Waals surface area (Å²) in [5.74, 6) is 0.979. The molecular formula is C11H16N2O2. The number of hydrogen-bond donors (Lipinski definition) is 2. The Morgan fingerprint density at radius 3 is 3.27 bits per heavy atom. The molecule has 1 amide bonds. The molecule has 0 saturated carbocycles. The van der Waals surface area contributed by atoms with E-state index >= 15 is 0 Å². The molecule has 0 aliphatic carbocycles. The van der Waals surface area contributed by atoms with Gasteiger partial charge in [-0.3, -0.25) is 4.79 Å². The normalized spacial score (nSPS) is 20.4. The van der Waals surface area contributed by atoms with Crippen LogP contribution < -0.4 is 10.6 Å². The van der Waals surface area contributed by atoms with Crippen LogP contribution in [0.25, 0.3) is 0 Å². The van der Waals surface area contributed by atoms with E-state index in [1.807, 2.05) is 0 Å². The fourth-order valence-electron chi connectivity index (χ4n) is 1.85. The average Bonchev–Trinajstić information content (AvgIpc) is 2.90. The third kappa shape index (κ3) is 2.83. The fourth-order valence-corrected chi connectivity index (χ4v) is 1.85. The van der Waals surface area contributed by atoms with Gasteiger partial charge in [-0.2, -0.15) is 0 Å². The second kappa shape index (κ2) is 4.98. The molecule has 2 heterocycles. The molecule has 1 atom stereocenters. The minimum Gasteiger partial charge on any atom is -0.459 e. The highest BCUT2D eigenvalue weighted by Gasteiger charge is 2.14. The van der Waals surface area contributed by atoms with E-state index in [0.717, 1.165) is 26.1 Å². The highest BCUT2D eigenvalue weighted by molar-refractivity contribution is 5.91.